The molecule has 0 fully saturated rings. The molecular weight excluding hydrogens is 320 g/mol. The fourth-order valence-electron chi connectivity index (χ4n) is 2.05. The third-order valence-electron chi connectivity index (χ3n) is 3.12. The molecule has 112 valence electrons. The number of nitrogens with zero attached hydrogens (tertiary/aromatic N) is 1. The zero-order valence-corrected chi connectivity index (χ0v) is 13.3. The Morgan fingerprint density at radius 2 is 2.23 bits per heavy atom. The van der Waals surface area contributed by atoms with Crippen molar-refractivity contribution in [1.82, 2.24) is 4.98 Å². The van der Waals surface area contributed by atoms with Crippen LogP contribution in [0, 0.1) is 0 Å². The number of hydrogen-bond acceptors (Lipinski definition) is 5. The summed E-state index contributed by atoms with van der Waals surface area (Å²) in [5, 5.41) is 2.93. The number of alkyl halides is 1. The van der Waals surface area contributed by atoms with Gasteiger partial charge in [-0.15, -0.1) is 22.9 Å². The number of ether oxygens (including phenoxy) is 1. The van der Waals surface area contributed by atoms with Crippen molar-refractivity contribution in [2.75, 3.05) is 12.4 Å². The topological polar surface area (TPSA) is 51.2 Å². The first-order chi connectivity index (χ1) is 10.7. The van der Waals surface area contributed by atoms with Crippen LogP contribution in [0.4, 0.5) is 5.69 Å². The summed E-state index contributed by atoms with van der Waals surface area (Å²) in [6, 6.07) is 7.50. The van der Waals surface area contributed by atoms with E-state index in [1.165, 1.54) is 11.3 Å². The maximum atomic E-state index is 12.1. The van der Waals surface area contributed by atoms with Crippen molar-refractivity contribution in [3.63, 3.8) is 0 Å². The number of rotatable bonds is 3. The Balaban J connectivity index is 2.02. The molecule has 2 aromatic rings. The number of allylic oxidation sites excluding steroid dienone is 1. The molecule has 1 aliphatic carbocycles. The van der Waals surface area contributed by atoms with Gasteiger partial charge in [0.2, 0.25) is 0 Å². The van der Waals surface area contributed by atoms with Gasteiger partial charge in [-0.2, -0.15) is 0 Å². The highest BCUT2D eigenvalue weighted by atomic mass is 35.5. The van der Waals surface area contributed by atoms with Gasteiger partial charge in [-0.25, -0.2) is 4.98 Å². The van der Waals surface area contributed by atoms with Crippen LogP contribution < -0.4 is 24.7 Å². The first-order valence-electron chi connectivity index (χ1n) is 6.62. The molecule has 0 aliphatic heterocycles. The van der Waals surface area contributed by atoms with Crippen LogP contribution in [-0.2, 0) is 0 Å². The molecule has 1 aromatic carbocycles. The molecular formula is C16H13ClN2O2S. The van der Waals surface area contributed by atoms with Crippen molar-refractivity contribution in [1.29, 1.82) is 0 Å². The molecule has 6 heteroatoms. The summed E-state index contributed by atoms with van der Waals surface area (Å²) >= 11 is 7.43. The lowest BCUT2D eigenvalue weighted by Gasteiger charge is -2.07. The number of aromatic nitrogens is 1. The Bertz CT molecular complexity index is 905. The molecule has 0 bridgehead atoms. The minimum absolute atomic E-state index is 0.168. The van der Waals surface area contributed by atoms with Gasteiger partial charge in [0.05, 0.1) is 28.4 Å². The number of fused-ring (bicyclic) bond motifs is 1. The molecule has 0 saturated carbocycles. The monoisotopic (exact) mass is 332 g/mol. The van der Waals surface area contributed by atoms with E-state index in [0.29, 0.717) is 16.0 Å². The third-order valence-corrected chi connectivity index (χ3v) is 4.47. The predicted octanol–water partition coefficient (Wildman–Crippen LogP) is 1.78. The lowest BCUT2D eigenvalue weighted by Crippen LogP contribution is -2.32. The minimum atomic E-state index is -0.266. The van der Waals surface area contributed by atoms with Gasteiger partial charge in [0.25, 0.3) is 5.56 Å². The van der Waals surface area contributed by atoms with Gasteiger partial charge < -0.3 is 10.1 Å². The second-order valence-corrected chi connectivity index (χ2v) is 6.18. The Morgan fingerprint density at radius 3 is 3.05 bits per heavy atom. The minimum Gasteiger partial charge on any atom is -0.495 e. The molecule has 1 unspecified atom stereocenters. The standard InChI is InChI=1S/C16H13ClN2O2S/c1-21-13-5-3-2-4-11(13)18-9-15-16(20)19-12-7-6-10(17)8-14(12)22-15/h2-10,18H,1H3/b15-9+. The number of methoxy groups -OCH3 is 1. The summed E-state index contributed by atoms with van der Waals surface area (Å²) in [6.45, 7) is 0. The molecule has 22 heavy (non-hydrogen) atoms. The first-order valence-corrected chi connectivity index (χ1v) is 7.88. The van der Waals surface area contributed by atoms with Crippen LogP contribution in [0.3, 0.4) is 0 Å². The van der Waals surface area contributed by atoms with Crippen LogP contribution in [0.25, 0.3) is 18.4 Å². The fraction of sp³-hybridized carbons (Fsp3) is 0.125. The van der Waals surface area contributed by atoms with Crippen molar-refractivity contribution >= 4 is 47.0 Å². The van der Waals surface area contributed by atoms with E-state index in [9.17, 15) is 4.79 Å². The quantitative estimate of drug-likeness (QED) is 0.871. The normalized spacial score (nSPS) is 16.8. The molecule has 0 saturated heterocycles. The second-order valence-electron chi connectivity index (χ2n) is 4.59. The van der Waals surface area contributed by atoms with Crippen LogP contribution in [-0.4, -0.2) is 17.5 Å². The summed E-state index contributed by atoms with van der Waals surface area (Å²) in [5.41, 5.74) is 1.19. The Hall–Kier alpha value is -2.11. The summed E-state index contributed by atoms with van der Waals surface area (Å²) in [7, 11) is 1.60. The van der Waals surface area contributed by atoms with Gasteiger partial charge in [0.1, 0.15) is 10.3 Å². The van der Waals surface area contributed by atoms with E-state index >= 15 is 0 Å². The van der Waals surface area contributed by atoms with Gasteiger partial charge in [-0.3, -0.25) is 4.79 Å². The number of para-hydroxylation sites is 2. The molecule has 4 nitrogen and oxygen atoms in total. The van der Waals surface area contributed by atoms with E-state index < -0.39 is 0 Å². The molecule has 0 spiro atoms. The van der Waals surface area contributed by atoms with Crippen LogP contribution in [0.5, 0.6) is 5.75 Å². The van der Waals surface area contributed by atoms with E-state index in [-0.39, 0.29) is 10.9 Å². The smallest absolute Gasteiger partial charge is 0.289 e. The Morgan fingerprint density at radius 1 is 1.41 bits per heavy atom. The number of anilines is 1. The highest BCUT2D eigenvalue weighted by Crippen LogP contribution is 2.22. The van der Waals surface area contributed by atoms with Crippen molar-refractivity contribution in [3.05, 3.63) is 55.5 Å². The Kier molecular flexibility index (Phi) is 4.27. The molecule has 1 N–H and O–H groups in total. The highest BCUT2D eigenvalue weighted by molar-refractivity contribution is 7.07. The van der Waals surface area contributed by atoms with Gasteiger partial charge >= 0.3 is 0 Å². The largest absolute Gasteiger partial charge is 0.495 e. The Labute approximate surface area is 136 Å². The fourth-order valence-corrected chi connectivity index (χ4v) is 3.25. The van der Waals surface area contributed by atoms with E-state index in [1.54, 1.807) is 25.5 Å². The second kappa shape index (κ2) is 6.34. The predicted molar refractivity (Wildman–Crippen MR) is 91.9 cm³/mol. The zero-order chi connectivity index (χ0) is 15.5. The van der Waals surface area contributed by atoms with E-state index in [0.717, 1.165) is 10.2 Å². The molecule has 3 rings (SSSR count). The van der Waals surface area contributed by atoms with Crippen LogP contribution >= 0.6 is 22.9 Å². The van der Waals surface area contributed by atoms with Gasteiger partial charge in [-0.05, 0) is 24.3 Å². The number of halogens is 1. The molecule has 1 atom stereocenters. The molecule has 0 amide bonds. The molecule has 0 radical (unpaired) electrons. The molecule has 1 aliphatic rings. The van der Waals surface area contributed by atoms with E-state index in [1.807, 2.05) is 30.3 Å². The summed E-state index contributed by atoms with van der Waals surface area (Å²) in [6.07, 6.45) is 7.11. The van der Waals surface area contributed by atoms with E-state index in [2.05, 4.69) is 10.3 Å². The average molecular weight is 333 g/mol. The SMILES string of the molecule is COc1ccccc1N/C=c1/sc2c(nc1=O)C=CC(Cl)C=2. The summed E-state index contributed by atoms with van der Waals surface area (Å²) in [5.74, 6) is 0.706. The van der Waals surface area contributed by atoms with Crippen LogP contribution in [0.2, 0.25) is 0 Å². The summed E-state index contributed by atoms with van der Waals surface area (Å²) < 4.78 is 6.68. The van der Waals surface area contributed by atoms with Gasteiger partial charge in [-0.1, -0.05) is 18.2 Å². The van der Waals surface area contributed by atoms with Crippen molar-refractivity contribution in [3.8, 4) is 5.75 Å². The number of benzene rings is 1. The zero-order valence-electron chi connectivity index (χ0n) is 11.7. The number of nitrogens with one attached hydrogen (secondary N) is 1. The van der Waals surface area contributed by atoms with Crippen molar-refractivity contribution in [2.24, 2.45) is 0 Å². The van der Waals surface area contributed by atoms with E-state index in [4.69, 9.17) is 16.3 Å². The van der Waals surface area contributed by atoms with Gasteiger partial charge in [0.15, 0.2) is 0 Å². The van der Waals surface area contributed by atoms with Gasteiger partial charge in [0, 0.05) is 6.20 Å². The lowest BCUT2D eigenvalue weighted by molar-refractivity contribution is 0.417. The molecule has 1 heterocycles. The average Bonchev–Trinajstić information content (AvgIpc) is 2.53. The maximum Gasteiger partial charge on any atom is 0.289 e. The lowest BCUT2D eigenvalue weighted by atomic mass is 10.2. The van der Waals surface area contributed by atoms with Crippen LogP contribution in [0.15, 0.2) is 35.1 Å². The third kappa shape index (κ3) is 3.05. The highest BCUT2D eigenvalue weighted by Gasteiger charge is 2.07. The van der Waals surface area contributed by atoms with Crippen molar-refractivity contribution < 1.29 is 4.74 Å². The van der Waals surface area contributed by atoms with Crippen molar-refractivity contribution in [2.45, 2.75) is 5.38 Å². The van der Waals surface area contributed by atoms with Crippen LogP contribution in [0.1, 0.15) is 5.69 Å². The first kappa shape index (κ1) is 14.8. The maximum absolute atomic E-state index is 12.1. The molecule has 1 aromatic heterocycles. The summed E-state index contributed by atoms with van der Waals surface area (Å²) in [4.78, 5) is 16.1. The number of hydrogen-bond donors (Lipinski definition) is 1.